The van der Waals surface area contributed by atoms with E-state index in [1.807, 2.05) is 29.3 Å². The fraction of sp³-hybridized carbons (Fsp3) is 0.619. The van der Waals surface area contributed by atoms with E-state index in [-0.39, 0.29) is 12.5 Å². The van der Waals surface area contributed by atoms with E-state index in [4.69, 9.17) is 9.47 Å². The van der Waals surface area contributed by atoms with E-state index in [1.165, 1.54) is 19.2 Å². The van der Waals surface area contributed by atoms with Gasteiger partial charge in [0.25, 0.3) is 0 Å². The van der Waals surface area contributed by atoms with Gasteiger partial charge in [-0.15, -0.1) is 0 Å². The van der Waals surface area contributed by atoms with Gasteiger partial charge in [0.05, 0.1) is 13.2 Å². The molecular formula is C21H31N4O9+. The lowest BCUT2D eigenvalue weighted by atomic mass is 9.94. The first kappa shape index (κ1) is 24.9. The van der Waals surface area contributed by atoms with Crippen LogP contribution >= 0.6 is 0 Å². The van der Waals surface area contributed by atoms with E-state index in [0.29, 0.717) is 6.54 Å². The van der Waals surface area contributed by atoms with Gasteiger partial charge in [-0.2, -0.15) is 4.48 Å². The number of carbonyl (C=O) groups is 1. The summed E-state index contributed by atoms with van der Waals surface area (Å²) in [7, 11) is 0. The lowest BCUT2D eigenvalue weighted by Crippen LogP contribution is -2.73. The summed E-state index contributed by atoms with van der Waals surface area (Å²) < 4.78 is 10.3. The topological polar surface area (TPSA) is 185 Å². The summed E-state index contributed by atoms with van der Waals surface area (Å²) in [6.07, 6.45) is 0.0735. The minimum Gasteiger partial charge on any atom is -0.394 e. The molecule has 4 rings (SSSR count). The molecule has 2 saturated heterocycles. The number of amides is 2. The Balaban J connectivity index is 1.71. The monoisotopic (exact) mass is 483 g/mol. The molecule has 0 aliphatic carbocycles. The van der Waals surface area contributed by atoms with E-state index in [1.54, 1.807) is 0 Å². The van der Waals surface area contributed by atoms with Crippen molar-refractivity contribution in [3.8, 4) is 0 Å². The number of carbonyl (C=O) groups excluding carboxylic acids is 1. The maximum atomic E-state index is 13.6. The summed E-state index contributed by atoms with van der Waals surface area (Å²) in [4.78, 5) is 19.9. The Labute approximate surface area is 195 Å². The van der Waals surface area contributed by atoms with Crippen LogP contribution in [0.3, 0.4) is 0 Å². The van der Waals surface area contributed by atoms with Crippen LogP contribution < -0.4 is 5.32 Å². The van der Waals surface area contributed by atoms with Gasteiger partial charge >= 0.3 is 6.03 Å². The second kappa shape index (κ2) is 9.45. The second-order valence-electron chi connectivity index (χ2n) is 8.92. The van der Waals surface area contributed by atoms with E-state index >= 15 is 0 Å². The largest absolute Gasteiger partial charge is 0.431 e. The van der Waals surface area contributed by atoms with Crippen LogP contribution in [0.1, 0.15) is 6.92 Å². The Morgan fingerprint density at radius 2 is 1.91 bits per heavy atom. The molecule has 0 aromatic rings. The van der Waals surface area contributed by atoms with Crippen molar-refractivity contribution in [1.82, 2.24) is 10.2 Å². The highest BCUT2D eigenvalue weighted by Crippen LogP contribution is 2.43. The molecule has 4 heterocycles. The summed E-state index contributed by atoms with van der Waals surface area (Å²) >= 11 is 0. The number of nitrogens with one attached hydrogen (secondary N) is 1. The molecule has 1 unspecified atom stereocenters. The first-order valence-electron chi connectivity index (χ1n) is 11.0. The number of hydrogen-bond donors (Lipinski definition) is 7. The molecule has 4 aliphatic rings. The minimum absolute atomic E-state index is 0.199. The summed E-state index contributed by atoms with van der Waals surface area (Å²) in [5, 5.41) is 64.5. The van der Waals surface area contributed by atoms with E-state index in [0.717, 1.165) is 0 Å². The Morgan fingerprint density at radius 3 is 2.47 bits per heavy atom. The van der Waals surface area contributed by atoms with Crippen molar-refractivity contribution in [2.45, 2.75) is 55.5 Å². The number of ether oxygens (including phenoxy) is 2. The maximum Gasteiger partial charge on any atom is 0.431 e. The van der Waals surface area contributed by atoms with Crippen LogP contribution in [-0.2, 0) is 9.47 Å². The molecule has 0 radical (unpaired) electrons. The zero-order valence-electron chi connectivity index (χ0n) is 18.6. The predicted octanol–water partition coefficient (Wildman–Crippen LogP) is -2.95. The highest BCUT2D eigenvalue weighted by molar-refractivity contribution is 6.04. The number of allylic oxidation sites excluding steroid dienone is 2. The van der Waals surface area contributed by atoms with Gasteiger partial charge in [0.1, 0.15) is 43.1 Å². The number of urea groups is 1. The third-order valence-corrected chi connectivity index (χ3v) is 6.63. The smallest absolute Gasteiger partial charge is 0.394 e. The molecule has 0 spiro atoms. The third-order valence-electron chi connectivity index (χ3n) is 6.63. The summed E-state index contributed by atoms with van der Waals surface area (Å²) in [5.74, 6) is 0.199. The maximum absolute atomic E-state index is 13.6. The minimum atomic E-state index is -2.07. The van der Waals surface area contributed by atoms with Crippen molar-refractivity contribution < 1.29 is 49.4 Å². The Kier molecular flexibility index (Phi) is 6.92. The van der Waals surface area contributed by atoms with Crippen LogP contribution in [0.25, 0.3) is 0 Å². The quantitative estimate of drug-likeness (QED) is 0.193. The normalized spacial score (nSPS) is 45.4. The first-order valence-corrected chi connectivity index (χ1v) is 11.0. The van der Waals surface area contributed by atoms with Gasteiger partial charge < -0.3 is 45.0 Å². The Morgan fingerprint density at radius 1 is 1.18 bits per heavy atom. The van der Waals surface area contributed by atoms with Crippen molar-refractivity contribution in [3.63, 3.8) is 0 Å². The lowest BCUT2D eigenvalue weighted by Gasteiger charge is -2.45. The van der Waals surface area contributed by atoms with Gasteiger partial charge in [-0.25, -0.2) is 9.79 Å². The standard InChI is InChI=1S/C21H30N4O9/c1-21(32)17(30)13(10-27)34-19(21)25(18-16(29)15(28)12(9-26)33-18)8-5-14(23-20(25)31)22-11-24-6-3-2-4-7-24/h2-6,8,12-13,15-19,26-30,32H,7,9-11H2,1H3/p+1/t12-,13-,15-,16-,17-,18-,19-,21-,25?/m1/s1. The molecule has 9 atom stereocenters. The molecule has 2 amide bonds. The van der Waals surface area contributed by atoms with Crippen molar-refractivity contribution in [2.75, 3.05) is 26.4 Å². The predicted molar refractivity (Wildman–Crippen MR) is 115 cm³/mol. The molecule has 13 nitrogen and oxygen atoms in total. The average Bonchev–Trinajstić information content (AvgIpc) is 3.25. The molecule has 0 bridgehead atoms. The van der Waals surface area contributed by atoms with Crippen molar-refractivity contribution in [1.29, 1.82) is 0 Å². The Hall–Kier alpha value is -2.20. The highest BCUT2D eigenvalue weighted by atomic mass is 16.6. The fourth-order valence-corrected chi connectivity index (χ4v) is 4.71. The molecular weight excluding hydrogens is 452 g/mol. The molecule has 34 heavy (non-hydrogen) atoms. The van der Waals surface area contributed by atoms with Gasteiger partial charge in [0, 0.05) is 18.8 Å². The molecule has 4 aliphatic heterocycles. The van der Waals surface area contributed by atoms with Crippen LogP contribution in [0.15, 0.2) is 41.7 Å². The van der Waals surface area contributed by atoms with Gasteiger partial charge in [0.2, 0.25) is 12.5 Å². The summed E-state index contributed by atoms with van der Waals surface area (Å²) in [6, 6.07) is -0.818. The van der Waals surface area contributed by atoms with Gasteiger partial charge in [-0.3, -0.25) is 5.32 Å². The third kappa shape index (κ3) is 3.98. The van der Waals surface area contributed by atoms with Gasteiger partial charge in [0.15, 0.2) is 11.7 Å². The SMILES string of the molecule is C[C@@]1(O)[C@H](O)[C@@H](CO)O[C@H]1[N+]1([C@@H]2O[C@H](CO)[C@@H](O)[C@H]2O)C=CC(=NCN2C=CC=CC2)NC1=O. The summed E-state index contributed by atoms with van der Waals surface area (Å²) in [6.45, 7) is 0.860. The fourth-order valence-electron chi connectivity index (χ4n) is 4.71. The Bertz CT molecular complexity index is 907. The number of aliphatic hydroxyl groups is 6. The highest BCUT2D eigenvalue weighted by Gasteiger charge is 2.70. The molecule has 0 saturated carbocycles. The molecule has 13 heteroatoms. The van der Waals surface area contributed by atoms with Crippen LogP contribution in [0.4, 0.5) is 4.79 Å². The zero-order chi connectivity index (χ0) is 24.7. The van der Waals surface area contributed by atoms with Gasteiger partial charge in [-0.05, 0) is 13.0 Å². The number of rotatable bonds is 6. The number of hydrogen-bond acceptors (Lipinski definition) is 11. The van der Waals surface area contributed by atoms with Crippen LogP contribution in [-0.4, -0.2) is 127 Å². The van der Waals surface area contributed by atoms with Crippen LogP contribution in [0.2, 0.25) is 0 Å². The zero-order valence-corrected chi connectivity index (χ0v) is 18.6. The first-order chi connectivity index (χ1) is 16.2. The summed E-state index contributed by atoms with van der Waals surface area (Å²) in [5.41, 5.74) is -2.07. The number of quaternary nitrogens is 1. The van der Waals surface area contributed by atoms with Crippen LogP contribution in [0.5, 0.6) is 0 Å². The van der Waals surface area contributed by atoms with E-state index in [9.17, 15) is 35.4 Å². The van der Waals surface area contributed by atoms with E-state index in [2.05, 4.69) is 10.3 Å². The molecule has 0 aromatic heterocycles. The molecule has 188 valence electrons. The second-order valence-corrected chi connectivity index (χ2v) is 8.92. The van der Waals surface area contributed by atoms with Crippen molar-refractivity contribution in [2.24, 2.45) is 4.99 Å². The van der Waals surface area contributed by atoms with E-state index < -0.39 is 72.3 Å². The molecule has 0 aromatic carbocycles. The number of aliphatic hydroxyl groups excluding tert-OH is 5. The molecule has 2 fully saturated rings. The number of aliphatic imine (C=N–C) groups is 1. The lowest BCUT2D eigenvalue weighted by molar-refractivity contribution is -0.907. The van der Waals surface area contributed by atoms with Crippen molar-refractivity contribution in [3.05, 3.63) is 36.7 Å². The van der Waals surface area contributed by atoms with Gasteiger partial charge in [-0.1, -0.05) is 12.2 Å². The number of nitrogens with zero attached hydrogens (tertiary/aromatic N) is 3. The molecule has 7 N–H and O–H groups in total. The van der Waals surface area contributed by atoms with Crippen LogP contribution in [0, 0.1) is 0 Å². The number of amidine groups is 1. The average molecular weight is 483 g/mol. The van der Waals surface area contributed by atoms with Crippen molar-refractivity contribution >= 4 is 11.9 Å².